The Labute approximate surface area is 140 Å². The fourth-order valence-electron chi connectivity index (χ4n) is 2.24. The number of hydrogen-bond donors (Lipinski definition) is 1. The topological polar surface area (TPSA) is 67.9 Å². The van der Waals surface area contributed by atoms with Crippen molar-refractivity contribution in [1.82, 2.24) is 15.2 Å². The van der Waals surface area contributed by atoms with Crippen molar-refractivity contribution in [2.24, 2.45) is 0 Å². The normalized spacial score (nSPS) is 11.4. The van der Waals surface area contributed by atoms with Gasteiger partial charge < -0.3 is 4.74 Å². The number of nitrogens with one attached hydrogen (secondary N) is 1. The zero-order valence-electron chi connectivity index (χ0n) is 13.0. The maximum atomic E-state index is 12.2. The summed E-state index contributed by atoms with van der Waals surface area (Å²) < 4.78 is 40.5. The molecule has 0 aliphatic heterocycles. The molecule has 1 N–H and O–H groups in total. The van der Waals surface area contributed by atoms with E-state index in [9.17, 15) is 18.0 Å². The van der Waals surface area contributed by atoms with Crippen molar-refractivity contribution in [3.63, 3.8) is 0 Å². The lowest BCUT2D eigenvalue weighted by atomic mass is 10.0. The number of carbonyl (C=O) groups is 1. The van der Waals surface area contributed by atoms with Gasteiger partial charge in [-0.05, 0) is 29.3 Å². The number of Topliss-reactive ketones (excluding diaryl/α,β-unsaturated/α-hetero) is 1. The molecule has 0 bridgehead atoms. The van der Waals surface area contributed by atoms with E-state index >= 15 is 0 Å². The smallest absolute Gasteiger partial charge is 0.406 e. The second kappa shape index (κ2) is 6.39. The molecule has 0 unspecified atom stereocenters. The van der Waals surface area contributed by atoms with Crippen molar-refractivity contribution >= 4 is 5.78 Å². The van der Waals surface area contributed by atoms with Crippen LogP contribution < -0.4 is 4.74 Å². The van der Waals surface area contributed by atoms with Crippen molar-refractivity contribution in [3.8, 4) is 28.3 Å². The molecule has 2 aromatic carbocycles. The third-order valence-electron chi connectivity index (χ3n) is 3.36. The molecule has 1 heterocycles. The zero-order valence-corrected chi connectivity index (χ0v) is 13.0. The third-order valence-corrected chi connectivity index (χ3v) is 3.36. The molecule has 0 amide bonds. The summed E-state index contributed by atoms with van der Waals surface area (Å²) in [7, 11) is 0. The van der Waals surface area contributed by atoms with Crippen LogP contribution in [0.4, 0.5) is 13.2 Å². The maximum Gasteiger partial charge on any atom is 0.573 e. The molecule has 128 valence electrons. The summed E-state index contributed by atoms with van der Waals surface area (Å²) in [6, 6.07) is 12.7. The highest BCUT2D eigenvalue weighted by Gasteiger charge is 2.30. The maximum absolute atomic E-state index is 12.2. The average molecular weight is 347 g/mol. The molecule has 8 heteroatoms. The predicted octanol–water partition coefficient (Wildman–Crippen LogP) is 4.24. The van der Waals surface area contributed by atoms with Gasteiger partial charge in [-0.25, -0.2) is 4.98 Å². The first kappa shape index (κ1) is 16.7. The Morgan fingerprint density at radius 1 is 1.04 bits per heavy atom. The lowest BCUT2D eigenvalue weighted by Gasteiger charge is -2.09. The van der Waals surface area contributed by atoms with Crippen LogP contribution in [0.3, 0.4) is 0 Å². The van der Waals surface area contributed by atoms with Crippen LogP contribution in [0.5, 0.6) is 5.75 Å². The van der Waals surface area contributed by atoms with Crippen molar-refractivity contribution in [1.29, 1.82) is 0 Å². The minimum Gasteiger partial charge on any atom is -0.406 e. The van der Waals surface area contributed by atoms with Crippen molar-refractivity contribution < 1.29 is 22.7 Å². The molecule has 0 spiro atoms. The molecule has 0 fully saturated rings. The molecule has 0 aliphatic carbocycles. The molecular formula is C17H12F3N3O2. The van der Waals surface area contributed by atoms with Crippen molar-refractivity contribution in [2.75, 3.05) is 0 Å². The van der Waals surface area contributed by atoms with Gasteiger partial charge in [-0.15, -0.1) is 13.2 Å². The number of benzene rings is 2. The number of ether oxygens (including phenoxy) is 1. The Balaban J connectivity index is 1.87. The number of halogens is 3. The molecule has 0 radical (unpaired) electrons. The van der Waals surface area contributed by atoms with Gasteiger partial charge in [0.05, 0.1) is 0 Å². The van der Waals surface area contributed by atoms with Crippen LogP contribution in [0.25, 0.3) is 22.5 Å². The number of aromatic amines is 1. The Hall–Kier alpha value is -3.16. The summed E-state index contributed by atoms with van der Waals surface area (Å²) in [6.45, 7) is 1.38. The molecule has 3 rings (SSSR count). The molecule has 0 aliphatic rings. The fourth-order valence-corrected chi connectivity index (χ4v) is 2.24. The molecular weight excluding hydrogens is 335 g/mol. The Morgan fingerprint density at radius 2 is 1.72 bits per heavy atom. The molecule has 0 saturated carbocycles. The van der Waals surface area contributed by atoms with Gasteiger partial charge in [-0.3, -0.25) is 9.89 Å². The molecule has 5 nitrogen and oxygen atoms in total. The summed E-state index contributed by atoms with van der Waals surface area (Å²) in [5.41, 5.74) is 2.15. The summed E-state index contributed by atoms with van der Waals surface area (Å²) >= 11 is 0. The first-order valence-electron chi connectivity index (χ1n) is 7.22. The Kier molecular flexibility index (Phi) is 4.26. The quantitative estimate of drug-likeness (QED) is 0.717. The summed E-state index contributed by atoms with van der Waals surface area (Å²) in [4.78, 5) is 15.4. The number of alkyl halides is 3. The number of H-pyrrole nitrogens is 1. The van der Waals surface area contributed by atoms with Gasteiger partial charge in [0, 0.05) is 12.5 Å². The number of carbonyl (C=O) groups excluding carboxylic acids is 1. The first-order valence-corrected chi connectivity index (χ1v) is 7.22. The third kappa shape index (κ3) is 4.03. The van der Waals surface area contributed by atoms with E-state index in [1.807, 2.05) is 6.07 Å². The van der Waals surface area contributed by atoms with E-state index in [1.54, 1.807) is 18.2 Å². The second-order valence-corrected chi connectivity index (χ2v) is 5.22. The van der Waals surface area contributed by atoms with Gasteiger partial charge in [0.1, 0.15) is 5.75 Å². The highest BCUT2D eigenvalue weighted by Crippen LogP contribution is 2.28. The Morgan fingerprint density at radius 3 is 2.32 bits per heavy atom. The standard InChI is InChI=1S/C17H12F3N3O2/c1-10(24)15-21-16(23-22-15)13-4-2-3-12(9-13)11-5-7-14(8-6-11)25-17(18,19)20/h2-9H,1H3,(H,21,22,23). The largest absolute Gasteiger partial charge is 0.573 e. The van der Waals surface area contributed by atoms with Gasteiger partial charge in [-0.2, -0.15) is 5.10 Å². The summed E-state index contributed by atoms with van der Waals surface area (Å²) in [6.07, 6.45) is -4.72. The van der Waals surface area contributed by atoms with Gasteiger partial charge in [0.2, 0.25) is 0 Å². The van der Waals surface area contributed by atoms with Gasteiger partial charge in [0.15, 0.2) is 17.4 Å². The lowest BCUT2D eigenvalue weighted by Crippen LogP contribution is -2.16. The minimum atomic E-state index is -4.72. The van der Waals surface area contributed by atoms with Crippen LogP contribution >= 0.6 is 0 Å². The Bertz CT molecular complexity index is 902. The zero-order chi connectivity index (χ0) is 18.0. The molecule has 1 aromatic heterocycles. The monoisotopic (exact) mass is 347 g/mol. The van der Waals surface area contributed by atoms with E-state index in [4.69, 9.17) is 0 Å². The lowest BCUT2D eigenvalue weighted by molar-refractivity contribution is -0.274. The van der Waals surface area contributed by atoms with Gasteiger partial charge >= 0.3 is 6.36 Å². The van der Waals surface area contributed by atoms with E-state index < -0.39 is 6.36 Å². The SMILES string of the molecule is CC(=O)c1nc(-c2cccc(-c3ccc(OC(F)(F)F)cc3)c2)n[nH]1. The average Bonchev–Trinajstić information content (AvgIpc) is 3.04. The van der Waals surface area contributed by atoms with Crippen LogP contribution in [-0.4, -0.2) is 27.3 Å². The number of ketones is 1. The van der Waals surface area contributed by atoms with Crippen LogP contribution in [-0.2, 0) is 0 Å². The van der Waals surface area contributed by atoms with E-state index in [0.717, 1.165) is 5.56 Å². The van der Waals surface area contributed by atoms with Crippen molar-refractivity contribution in [3.05, 3.63) is 54.4 Å². The van der Waals surface area contributed by atoms with Crippen molar-refractivity contribution in [2.45, 2.75) is 13.3 Å². The summed E-state index contributed by atoms with van der Waals surface area (Å²) in [5, 5.41) is 6.55. The van der Waals surface area contributed by atoms with Gasteiger partial charge in [0.25, 0.3) is 0 Å². The van der Waals surface area contributed by atoms with Gasteiger partial charge in [-0.1, -0.05) is 30.3 Å². The molecule has 25 heavy (non-hydrogen) atoms. The predicted molar refractivity (Wildman–Crippen MR) is 83.9 cm³/mol. The van der Waals surface area contributed by atoms with Crippen LogP contribution in [0.1, 0.15) is 17.5 Å². The van der Waals surface area contributed by atoms with Crippen LogP contribution in [0.2, 0.25) is 0 Å². The van der Waals surface area contributed by atoms with Crippen LogP contribution in [0, 0.1) is 0 Å². The summed E-state index contributed by atoms with van der Waals surface area (Å²) in [5.74, 6) is 0.0146. The highest BCUT2D eigenvalue weighted by atomic mass is 19.4. The van der Waals surface area contributed by atoms with E-state index in [1.165, 1.54) is 31.2 Å². The van der Waals surface area contributed by atoms with E-state index in [0.29, 0.717) is 17.0 Å². The minimum absolute atomic E-state index is 0.161. The highest BCUT2D eigenvalue weighted by molar-refractivity contribution is 5.90. The van der Waals surface area contributed by atoms with E-state index in [-0.39, 0.29) is 17.4 Å². The number of aromatic nitrogens is 3. The molecule has 3 aromatic rings. The molecule has 0 saturated heterocycles. The second-order valence-electron chi connectivity index (χ2n) is 5.22. The van der Waals surface area contributed by atoms with E-state index in [2.05, 4.69) is 19.9 Å². The van der Waals surface area contributed by atoms with Crippen LogP contribution in [0.15, 0.2) is 48.5 Å². The first-order chi connectivity index (χ1) is 11.8. The number of hydrogen-bond acceptors (Lipinski definition) is 4. The fraction of sp³-hybridized carbons (Fsp3) is 0.118. The number of nitrogens with zero attached hydrogens (tertiary/aromatic N) is 2. The number of rotatable bonds is 4. The molecule has 0 atom stereocenters.